The lowest BCUT2D eigenvalue weighted by Gasteiger charge is -2.43. The molecule has 0 aliphatic heterocycles. The predicted molar refractivity (Wildman–Crippen MR) is 142 cm³/mol. The lowest BCUT2D eigenvalue weighted by atomic mass is 9.79. The summed E-state index contributed by atoms with van der Waals surface area (Å²) < 4.78 is 61.5. The van der Waals surface area contributed by atoms with Crippen LogP contribution >= 0.6 is 7.67 Å². The van der Waals surface area contributed by atoms with Crippen LogP contribution in [0.4, 0.5) is 13.2 Å². The van der Waals surface area contributed by atoms with Crippen molar-refractivity contribution in [3.8, 4) is 23.9 Å². The normalized spacial score (nSPS) is 18.5. The van der Waals surface area contributed by atoms with Crippen LogP contribution in [0.15, 0.2) is 43.4 Å². The molecule has 2 heterocycles. The summed E-state index contributed by atoms with van der Waals surface area (Å²) in [7, 11) is -3.04. The van der Waals surface area contributed by atoms with Crippen molar-refractivity contribution in [1.29, 1.82) is 0 Å². The van der Waals surface area contributed by atoms with Crippen LogP contribution in [-0.4, -0.2) is 47.8 Å². The summed E-state index contributed by atoms with van der Waals surface area (Å²) in [6.45, 7) is 4.94. The molecule has 0 fully saturated rings. The van der Waals surface area contributed by atoms with Crippen molar-refractivity contribution >= 4 is 7.67 Å². The van der Waals surface area contributed by atoms with Gasteiger partial charge in [-0.3, -0.25) is 0 Å². The highest BCUT2D eigenvalue weighted by molar-refractivity contribution is 7.47. The summed E-state index contributed by atoms with van der Waals surface area (Å²) in [5.41, 5.74) is -2.83. The maximum atomic E-state index is 15.0. The van der Waals surface area contributed by atoms with Crippen LogP contribution in [0, 0.1) is 51.8 Å². The molecular weight excluding hydrogens is 578 g/mol. The third-order valence-corrected chi connectivity index (χ3v) is 9.24. The molecule has 3 rings (SSSR count). The van der Waals surface area contributed by atoms with E-state index in [-0.39, 0.29) is 11.3 Å². The first kappa shape index (κ1) is 32.8. The van der Waals surface area contributed by atoms with Gasteiger partial charge in [-0.2, -0.15) is 17.9 Å². The van der Waals surface area contributed by atoms with E-state index in [0.29, 0.717) is 6.07 Å². The number of aromatic nitrogens is 5. The van der Waals surface area contributed by atoms with Crippen LogP contribution in [-0.2, 0) is 21.2 Å². The van der Waals surface area contributed by atoms with Crippen LogP contribution in [0.1, 0.15) is 51.1 Å². The molecule has 0 saturated carbocycles. The van der Waals surface area contributed by atoms with Gasteiger partial charge in [-0.25, -0.2) is 27.7 Å². The zero-order chi connectivity index (χ0) is 31.5. The molecule has 42 heavy (non-hydrogen) atoms. The Morgan fingerprint density at radius 3 is 2.31 bits per heavy atom. The summed E-state index contributed by atoms with van der Waals surface area (Å²) in [5, 5.41) is 42.4. The minimum atomic E-state index is -4.86. The second-order valence-electron chi connectivity index (χ2n) is 9.59. The van der Waals surface area contributed by atoms with Gasteiger partial charge in [-0.05, 0) is 24.8 Å². The Morgan fingerprint density at radius 1 is 1.14 bits per heavy atom. The lowest BCUT2D eigenvalue weighted by Crippen LogP contribution is -2.47. The molecule has 0 saturated heterocycles. The van der Waals surface area contributed by atoms with Gasteiger partial charge >= 0.3 is 7.67 Å². The Bertz CT molecular complexity index is 1590. The van der Waals surface area contributed by atoms with Crippen molar-refractivity contribution in [2.45, 2.75) is 52.0 Å². The van der Waals surface area contributed by atoms with Crippen LogP contribution in [0.5, 0.6) is 0 Å². The molecule has 0 amide bonds. The minimum absolute atomic E-state index is 0.233. The molecule has 12 nitrogen and oxygen atoms in total. The standard InChI is InChI=1S/C26H30F3N7O5P/c1-7-11-35(5,38)42(40,36(6,39)12-8-2)41-20(4)33-17-32-34(18-33)15-26(37,22-10-9-21(27)13-23(22)28)19(3)25-24(29)14-30-16-31-25/h9-10,13-14,16-20,37H,15H2,1-6H3/q+1/t19-,20?,26+,35?,36?,42?/m0/s1. The summed E-state index contributed by atoms with van der Waals surface area (Å²) in [6, 6.07) is 6.90. The number of hydrogen-bond donors (Lipinski definition) is 1. The molecule has 2 aromatic heterocycles. The van der Waals surface area contributed by atoms with Gasteiger partial charge in [0.25, 0.3) is 6.33 Å². The van der Waals surface area contributed by atoms with Gasteiger partial charge in [0.2, 0.25) is 6.33 Å². The fourth-order valence-electron chi connectivity index (χ4n) is 4.32. The fraction of sp³-hybridized carbons (Fsp3) is 0.385. The molecule has 3 unspecified atom stereocenters. The maximum absolute atomic E-state index is 15.0. The molecule has 224 valence electrons. The quantitative estimate of drug-likeness (QED) is 0.160. The van der Waals surface area contributed by atoms with Crippen molar-refractivity contribution in [3.63, 3.8) is 0 Å². The van der Waals surface area contributed by atoms with Crippen LogP contribution < -0.4 is 4.57 Å². The van der Waals surface area contributed by atoms with E-state index in [1.165, 1.54) is 44.9 Å². The van der Waals surface area contributed by atoms with Gasteiger partial charge in [0.1, 0.15) is 42.2 Å². The summed E-state index contributed by atoms with van der Waals surface area (Å²) >= 11 is 0. The van der Waals surface area contributed by atoms with Gasteiger partial charge in [0.15, 0.2) is 12.0 Å². The van der Waals surface area contributed by atoms with Crippen LogP contribution in [0.3, 0.4) is 0 Å². The third-order valence-electron chi connectivity index (χ3n) is 6.54. The lowest BCUT2D eigenvalue weighted by molar-refractivity contribution is -0.801. The Morgan fingerprint density at radius 2 is 1.76 bits per heavy atom. The zero-order valence-corrected chi connectivity index (χ0v) is 24.6. The van der Waals surface area contributed by atoms with Gasteiger partial charge in [-0.1, -0.05) is 13.0 Å². The molecule has 0 aliphatic rings. The van der Waals surface area contributed by atoms with Crippen LogP contribution in [0.2, 0.25) is 0 Å². The Kier molecular flexibility index (Phi) is 9.61. The SMILES string of the molecule is CC#C[N+](C)([O-])P(=O)(OC(C)[n+]1cnn(C[C@](O)(c2ccc(F)cc2F)[C@@H](C)c2ncncc2F)c1)[N+](C)([O-])C#CC. The topological polar surface area (TPSA) is 140 Å². The van der Waals surface area contributed by atoms with Crippen molar-refractivity contribution < 1.29 is 40.8 Å². The highest BCUT2D eigenvalue weighted by atomic mass is 31.2. The molecule has 1 N–H and O–H groups in total. The average molecular weight is 609 g/mol. The largest absolute Gasteiger partial charge is 0.610 e. The third kappa shape index (κ3) is 6.23. The number of aliphatic hydroxyl groups is 1. The monoisotopic (exact) mass is 608 g/mol. The number of halogens is 3. The average Bonchev–Trinajstić information content (AvgIpc) is 3.36. The van der Waals surface area contributed by atoms with E-state index < -0.39 is 58.2 Å². The zero-order valence-electron chi connectivity index (χ0n) is 23.7. The summed E-state index contributed by atoms with van der Waals surface area (Å²) in [6.07, 6.45) is 3.12. The first-order valence-electron chi connectivity index (χ1n) is 12.4. The highest BCUT2D eigenvalue weighted by Gasteiger charge is 2.56. The van der Waals surface area contributed by atoms with E-state index in [2.05, 4.69) is 39.0 Å². The molecule has 1 aromatic carbocycles. The number of hydrogen-bond acceptors (Lipinski definition) is 8. The van der Waals surface area contributed by atoms with E-state index in [1.807, 2.05) is 0 Å². The Hall–Kier alpha value is -3.66. The fourth-order valence-corrected chi connectivity index (χ4v) is 6.29. The number of hydroxylamine groups is 4. The minimum Gasteiger partial charge on any atom is -0.610 e. The smallest absolute Gasteiger partial charge is 0.606 e. The molecule has 0 radical (unpaired) electrons. The van der Waals surface area contributed by atoms with E-state index in [9.17, 15) is 33.3 Å². The van der Waals surface area contributed by atoms with Gasteiger partial charge in [0, 0.05) is 36.5 Å². The molecule has 0 bridgehead atoms. The van der Waals surface area contributed by atoms with Crippen LogP contribution in [0.25, 0.3) is 0 Å². The van der Waals surface area contributed by atoms with E-state index in [0.717, 1.165) is 43.4 Å². The number of nitrogens with zero attached hydrogens (tertiary/aromatic N) is 7. The van der Waals surface area contributed by atoms with Gasteiger partial charge in [-0.15, -0.1) is 4.68 Å². The summed E-state index contributed by atoms with van der Waals surface area (Å²) in [4.78, 5) is 7.49. The van der Waals surface area contributed by atoms with Gasteiger partial charge in [0.05, 0.1) is 26.0 Å². The van der Waals surface area contributed by atoms with E-state index in [1.54, 1.807) is 0 Å². The first-order valence-corrected chi connectivity index (χ1v) is 13.9. The highest BCUT2D eigenvalue weighted by Crippen LogP contribution is 2.63. The number of benzene rings is 1. The van der Waals surface area contributed by atoms with E-state index in [4.69, 9.17) is 4.52 Å². The van der Waals surface area contributed by atoms with Crippen molar-refractivity contribution in [2.75, 3.05) is 14.1 Å². The molecule has 16 heteroatoms. The Labute approximate surface area is 240 Å². The van der Waals surface area contributed by atoms with Crippen molar-refractivity contribution in [3.05, 3.63) is 82.5 Å². The Balaban J connectivity index is 2.04. The molecule has 3 aromatic rings. The maximum Gasteiger partial charge on any atom is 0.606 e. The predicted octanol–water partition coefficient (Wildman–Crippen LogP) is 3.56. The molecular formula is C26H30F3N7O5P+. The number of quaternary nitrogens is 2. The second-order valence-corrected chi connectivity index (χ2v) is 12.3. The summed E-state index contributed by atoms with van der Waals surface area (Å²) in [5.74, 6) is 0.639. The number of rotatable bonds is 10. The van der Waals surface area contributed by atoms with Crippen molar-refractivity contribution in [2.24, 2.45) is 0 Å². The van der Waals surface area contributed by atoms with Gasteiger partial charge < -0.3 is 15.5 Å². The second kappa shape index (κ2) is 12.3. The molecule has 0 aliphatic carbocycles. The first-order chi connectivity index (χ1) is 19.5. The van der Waals surface area contributed by atoms with E-state index >= 15 is 0 Å². The molecule has 5 atom stereocenters. The van der Waals surface area contributed by atoms with Crippen molar-refractivity contribution in [1.82, 2.24) is 19.7 Å². The molecule has 0 spiro atoms.